The normalized spacial score (nSPS) is 13.4. The number of hydrogen-bond donors (Lipinski definition) is 0. The van der Waals surface area contributed by atoms with Crippen LogP contribution >= 0.6 is 0 Å². The zero-order valence-electron chi connectivity index (χ0n) is 36.1. The first kappa shape index (κ1) is 47.7. The zero-order chi connectivity index (χ0) is 40.3. The lowest BCUT2D eigenvalue weighted by atomic mass is 9.96. The summed E-state index contributed by atoms with van der Waals surface area (Å²) < 4.78 is 23.5. The summed E-state index contributed by atoms with van der Waals surface area (Å²) in [6.45, 7) is 20.7. The average Bonchev–Trinajstić information content (AvgIpc) is 3.20. The van der Waals surface area contributed by atoms with Gasteiger partial charge in [-0.05, 0) is 97.9 Å². The minimum absolute atomic E-state index is 0.00150. The summed E-state index contributed by atoms with van der Waals surface area (Å²) in [4.78, 5) is 30.9. The smallest absolute Gasteiger partial charge is 0.415 e. The Bertz CT molecular complexity index is 1140. The van der Waals surface area contributed by atoms with E-state index in [1.54, 1.807) is 48.5 Å². The van der Waals surface area contributed by atoms with Crippen LogP contribution in [-0.4, -0.2) is 55.0 Å². The summed E-state index contributed by atoms with van der Waals surface area (Å²) in [5.41, 5.74) is 0. The van der Waals surface area contributed by atoms with E-state index in [1.165, 1.54) is 25.7 Å². The molecule has 8 heteroatoms. The summed E-state index contributed by atoms with van der Waals surface area (Å²) in [5.74, 6) is 4.09. The molecule has 0 aliphatic carbocycles. The second-order valence-electron chi connectivity index (χ2n) is 15.6. The molecule has 0 saturated heterocycles. The molecular formula is C47H78N2O6. The number of amides is 2. The quantitative estimate of drug-likeness (QED) is 0.0737. The van der Waals surface area contributed by atoms with Crippen molar-refractivity contribution in [3.8, 4) is 23.0 Å². The molecule has 55 heavy (non-hydrogen) atoms. The van der Waals surface area contributed by atoms with Gasteiger partial charge >= 0.3 is 12.2 Å². The number of ether oxygens (including phenoxy) is 4. The first-order valence-electron chi connectivity index (χ1n) is 22.1. The fraction of sp³-hybridized carbons (Fsp3) is 0.702. The minimum Gasteiger partial charge on any atom is -0.457 e. The third kappa shape index (κ3) is 19.3. The van der Waals surface area contributed by atoms with Crippen LogP contribution < -0.4 is 18.9 Å². The van der Waals surface area contributed by atoms with Gasteiger partial charge in [-0.3, -0.25) is 0 Å². The van der Waals surface area contributed by atoms with E-state index in [4.69, 9.17) is 18.9 Å². The first-order chi connectivity index (χ1) is 26.7. The predicted molar refractivity (Wildman–Crippen MR) is 227 cm³/mol. The molecule has 2 aromatic rings. The van der Waals surface area contributed by atoms with Gasteiger partial charge in [-0.2, -0.15) is 0 Å². The monoisotopic (exact) mass is 767 g/mol. The van der Waals surface area contributed by atoms with Gasteiger partial charge in [0.1, 0.15) is 23.0 Å². The largest absolute Gasteiger partial charge is 0.457 e. The van der Waals surface area contributed by atoms with Gasteiger partial charge in [-0.25, -0.2) is 9.59 Å². The second kappa shape index (κ2) is 28.9. The molecule has 4 unspecified atom stereocenters. The van der Waals surface area contributed by atoms with Crippen molar-refractivity contribution in [1.82, 2.24) is 9.80 Å². The fourth-order valence-corrected chi connectivity index (χ4v) is 7.07. The summed E-state index contributed by atoms with van der Waals surface area (Å²) in [7, 11) is 0. The predicted octanol–water partition coefficient (Wildman–Crippen LogP) is 13.6. The standard InChI is InChI=1S/C47H78N2O6/c1-9-17-21-38(13-5)33-48(34-39(14-6)22-18-10-2)46(50)54-44-29-25-42(26-30-44)52-37-53-43-27-31-45(32-28-43)55-47(51)49(35-40(15-7)23-19-11-3)36-41(16-8)24-20-12-4/h25-32,38-41H,9-24,33-37H2,1-8H3. The molecule has 0 fully saturated rings. The van der Waals surface area contributed by atoms with Crippen LogP contribution in [0.15, 0.2) is 48.5 Å². The Morgan fingerprint density at radius 1 is 0.436 bits per heavy atom. The number of hydrogen-bond acceptors (Lipinski definition) is 6. The number of nitrogens with zero attached hydrogens (tertiary/aromatic N) is 2. The SMILES string of the molecule is CCCCC(CC)CN(CC(CC)CCCC)C(=O)Oc1ccc(OCOc2ccc(OC(=O)N(CC(CC)CCCC)CC(CC)CCCC)cc2)cc1. The van der Waals surface area contributed by atoms with Crippen molar-refractivity contribution in [3.63, 3.8) is 0 Å². The lowest BCUT2D eigenvalue weighted by Crippen LogP contribution is -2.40. The lowest BCUT2D eigenvalue weighted by Gasteiger charge is -2.30. The number of carbonyl (C=O) groups excluding carboxylic acids is 2. The van der Waals surface area contributed by atoms with Crippen LogP contribution in [0, 0.1) is 23.7 Å². The first-order valence-corrected chi connectivity index (χ1v) is 22.1. The molecule has 0 radical (unpaired) electrons. The molecule has 312 valence electrons. The van der Waals surface area contributed by atoms with Crippen molar-refractivity contribution in [3.05, 3.63) is 48.5 Å². The minimum atomic E-state index is -0.280. The molecule has 0 aliphatic heterocycles. The van der Waals surface area contributed by atoms with E-state index in [9.17, 15) is 9.59 Å². The highest BCUT2D eigenvalue weighted by Gasteiger charge is 2.25. The number of rotatable bonds is 30. The van der Waals surface area contributed by atoms with Crippen LogP contribution in [0.1, 0.15) is 158 Å². The van der Waals surface area contributed by atoms with E-state index >= 15 is 0 Å². The van der Waals surface area contributed by atoms with Gasteiger partial charge in [0.2, 0.25) is 6.79 Å². The molecule has 2 amide bonds. The Morgan fingerprint density at radius 3 is 0.927 bits per heavy atom. The molecule has 0 aromatic heterocycles. The third-order valence-electron chi connectivity index (χ3n) is 11.1. The maximum atomic E-state index is 13.5. The Balaban J connectivity index is 1.97. The van der Waals surface area contributed by atoms with Gasteiger partial charge in [0.05, 0.1) is 0 Å². The number of unbranched alkanes of at least 4 members (excludes halogenated alkanes) is 4. The van der Waals surface area contributed by atoms with Crippen molar-refractivity contribution < 1.29 is 28.5 Å². The van der Waals surface area contributed by atoms with Crippen molar-refractivity contribution in [2.75, 3.05) is 33.0 Å². The van der Waals surface area contributed by atoms with Gasteiger partial charge in [0, 0.05) is 26.2 Å². The number of carbonyl (C=O) groups is 2. The van der Waals surface area contributed by atoms with Gasteiger partial charge in [0.25, 0.3) is 0 Å². The van der Waals surface area contributed by atoms with Crippen LogP contribution in [0.3, 0.4) is 0 Å². The van der Waals surface area contributed by atoms with Crippen LogP contribution in [-0.2, 0) is 0 Å². The summed E-state index contributed by atoms with van der Waals surface area (Å²) in [6.07, 6.45) is 17.5. The summed E-state index contributed by atoms with van der Waals surface area (Å²) in [5, 5.41) is 0. The van der Waals surface area contributed by atoms with Crippen molar-refractivity contribution >= 4 is 12.2 Å². The Morgan fingerprint density at radius 2 is 0.691 bits per heavy atom. The van der Waals surface area contributed by atoms with E-state index in [0.29, 0.717) is 46.7 Å². The van der Waals surface area contributed by atoms with Crippen molar-refractivity contribution in [1.29, 1.82) is 0 Å². The average molecular weight is 767 g/mol. The Kier molecular flexibility index (Phi) is 25.1. The van der Waals surface area contributed by atoms with Crippen LogP contribution in [0.25, 0.3) is 0 Å². The van der Waals surface area contributed by atoms with Crippen molar-refractivity contribution in [2.24, 2.45) is 23.7 Å². The molecule has 4 atom stereocenters. The van der Waals surface area contributed by atoms with Gasteiger partial charge in [-0.1, -0.05) is 132 Å². The molecule has 2 aromatic carbocycles. The van der Waals surface area contributed by atoms with Gasteiger partial charge in [0.15, 0.2) is 0 Å². The fourth-order valence-electron chi connectivity index (χ4n) is 7.07. The second-order valence-corrected chi connectivity index (χ2v) is 15.6. The third-order valence-corrected chi connectivity index (χ3v) is 11.1. The summed E-state index contributed by atoms with van der Waals surface area (Å²) in [6, 6.07) is 14.2. The lowest BCUT2D eigenvalue weighted by molar-refractivity contribution is 0.119. The van der Waals surface area contributed by atoms with Gasteiger partial charge < -0.3 is 28.7 Å². The molecule has 0 heterocycles. The highest BCUT2D eigenvalue weighted by molar-refractivity contribution is 5.71. The Labute approximate surface area is 336 Å². The number of benzene rings is 2. The van der Waals surface area contributed by atoms with E-state index < -0.39 is 0 Å². The highest BCUT2D eigenvalue weighted by Crippen LogP contribution is 2.25. The molecule has 2 rings (SSSR count). The molecule has 8 nitrogen and oxygen atoms in total. The van der Waals surface area contributed by atoms with Crippen LogP contribution in [0.4, 0.5) is 9.59 Å². The maximum absolute atomic E-state index is 13.5. The maximum Gasteiger partial charge on any atom is 0.415 e. The van der Waals surface area contributed by atoms with E-state index in [1.807, 2.05) is 9.80 Å². The molecule has 0 aliphatic rings. The van der Waals surface area contributed by atoms with E-state index in [2.05, 4.69) is 55.4 Å². The van der Waals surface area contributed by atoms with Gasteiger partial charge in [-0.15, -0.1) is 0 Å². The topological polar surface area (TPSA) is 77.5 Å². The van der Waals surface area contributed by atoms with E-state index in [0.717, 1.165) is 103 Å². The molecule has 0 N–H and O–H groups in total. The molecule has 0 spiro atoms. The molecule has 0 bridgehead atoms. The molecule has 0 saturated carbocycles. The molecular weight excluding hydrogens is 689 g/mol. The van der Waals surface area contributed by atoms with Crippen LogP contribution in [0.5, 0.6) is 23.0 Å². The summed E-state index contributed by atoms with van der Waals surface area (Å²) >= 11 is 0. The zero-order valence-corrected chi connectivity index (χ0v) is 36.1. The van der Waals surface area contributed by atoms with Crippen molar-refractivity contribution in [2.45, 2.75) is 158 Å². The Hall–Kier alpha value is -3.42. The van der Waals surface area contributed by atoms with Crippen LogP contribution in [0.2, 0.25) is 0 Å². The van der Waals surface area contributed by atoms with E-state index in [-0.39, 0.29) is 19.0 Å². The highest BCUT2D eigenvalue weighted by atomic mass is 16.7.